The summed E-state index contributed by atoms with van der Waals surface area (Å²) in [4.78, 5) is 6.76. The highest BCUT2D eigenvalue weighted by Gasteiger charge is 2.23. The summed E-state index contributed by atoms with van der Waals surface area (Å²) >= 11 is 0. The molecule has 0 aromatic carbocycles. The number of pyridine rings is 1. The molecule has 3 rings (SSSR count). The fourth-order valence-corrected chi connectivity index (χ4v) is 2.70. The number of aromatic nitrogens is 2. The normalized spacial score (nSPS) is 20.3. The lowest BCUT2D eigenvalue weighted by Crippen LogP contribution is -2.22. The van der Waals surface area contributed by atoms with Gasteiger partial charge in [0.15, 0.2) is 0 Å². The number of anilines is 1. The van der Waals surface area contributed by atoms with E-state index in [0.29, 0.717) is 0 Å². The van der Waals surface area contributed by atoms with E-state index < -0.39 is 0 Å². The zero-order valence-corrected chi connectivity index (χ0v) is 9.92. The lowest BCUT2D eigenvalue weighted by molar-refractivity contribution is 0.546. The van der Waals surface area contributed by atoms with Crippen LogP contribution in [0.15, 0.2) is 30.6 Å². The summed E-state index contributed by atoms with van der Waals surface area (Å²) in [5.74, 6) is 2.00. The van der Waals surface area contributed by atoms with Gasteiger partial charge in [-0.05, 0) is 37.4 Å². The third-order valence-corrected chi connectivity index (χ3v) is 3.59. The van der Waals surface area contributed by atoms with Gasteiger partial charge in [0.25, 0.3) is 0 Å². The van der Waals surface area contributed by atoms with E-state index in [1.165, 1.54) is 12.2 Å². The van der Waals surface area contributed by atoms with Crippen LogP contribution in [0.4, 0.5) is 5.82 Å². The fraction of sp³-hybridized carbons (Fsp3) is 0.462. The van der Waals surface area contributed by atoms with Crippen LogP contribution in [-0.2, 0) is 0 Å². The Hall–Kier alpha value is -1.55. The van der Waals surface area contributed by atoms with Crippen molar-refractivity contribution in [1.82, 2.24) is 9.38 Å². The average Bonchev–Trinajstić information content (AvgIpc) is 2.96. The van der Waals surface area contributed by atoms with E-state index in [-0.39, 0.29) is 0 Å². The highest BCUT2D eigenvalue weighted by molar-refractivity contribution is 5.52. The molecule has 2 aromatic rings. The molecule has 1 atom stereocenters. The highest BCUT2D eigenvalue weighted by Crippen LogP contribution is 2.25. The highest BCUT2D eigenvalue weighted by atomic mass is 15.2. The van der Waals surface area contributed by atoms with Gasteiger partial charge in [-0.2, -0.15) is 0 Å². The Balaban J connectivity index is 1.87. The van der Waals surface area contributed by atoms with Crippen LogP contribution >= 0.6 is 0 Å². The molecule has 2 N–H and O–H groups in total. The maximum atomic E-state index is 5.63. The molecule has 0 saturated carbocycles. The van der Waals surface area contributed by atoms with Crippen molar-refractivity contribution in [2.24, 2.45) is 11.7 Å². The Morgan fingerprint density at radius 2 is 2.35 bits per heavy atom. The molecule has 0 bridgehead atoms. The van der Waals surface area contributed by atoms with E-state index in [2.05, 4.69) is 26.4 Å². The molecule has 2 aromatic heterocycles. The minimum absolute atomic E-state index is 0.749. The molecule has 1 saturated heterocycles. The first-order valence-corrected chi connectivity index (χ1v) is 6.25. The number of rotatable bonds is 3. The van der Waals surface area contributed by atoms with Gasteiger partial charge in [-0.1, -0.05) is 6.07 Å². The van der Waals surface area contributed by atoms with Gasteiger partial charge in [0, 0.05) is 25.5 Å². The molecule has 1 aliphatic heterocycles. The quantitative estimate of drug-likeness (QED) is 0.869. The number of fused-ring (bicyclic) bond motifs is 1. The van der Waals surface area contributed by atoms with Crippen molar-refractivity contribution in [3.8, 4) is 0 Å². The lowest BCUT2D eigenvalue weighted by atomic mass is 10.1. The monoisotopic (exact) mass is 230 g/mol. The van der Waals surface area contributed by atoms with E-state index in [1.54, 1.807) is 0 Å². The van der Waals surface area contributed by atoms with Crippen molar-refractivity contribution >= 4 is 11.5 Å². The van der Waals surface area contributed by atoms with E-state index in [4.69, 9.17) is 5.73 Å². The third kappa shape index (κ3) is 1.89. The first-order valence-electron chi connectivity index (χ1n) is 6.25. The molecule has 4 nitrogen and oxygen atoms in total. The van der Waals surface area contributed by atoms with Gasteiger partial charge in [-0.15, -0.1) is 0 Å². The van der Waals surface area contributed by atoms with E-state index in [9.17, 15) is 0 Å². The molecule has 3 heterocycles. The van der Waals surface area contributed by atoms with E-state index in [1.807, 2.05) is 18.5 Å². The predicted molar refractivity (Wildman–Crippen MR) is 69.2 cm³/mol. The number of nitrogens with zero attached hydrogens (tertiary/aromatic N) is 3. The number of nitrogens with two attached hydrogens (primary N) is 1. The van der Waals surface area contributed by atoms with E-state index >= 15 is 0 Å². The number of hydrogen-bond donors (Lipinski definition) is 1. The van der Waals surface area contributed by atoms with Gasteiger partial charge in [0.05, 0.1) is 0 Å². The van der Waals surface area contributed by atoms with Crippen molar-refractivity contribution in [1.29, 1.82) is 0 Å². The Bertz CT molecular complexity index is 505. The van der Waals surface area contributed by atoms with Gasteiger partial charge in [0.2, 0.25) is 0 Å². The zero-order chi connectivity index (χ0) is 11.7. The maximum absolute atomic E-state index is 5.63. The summed E-state index contributed by atoms with van der Waals surface area (Å²) in [7, 11) is 0. The van der Waals surface area contributed by atoms with Crippen LogP contribution in [0, 0.1) is 5.92 Å². The smallest absolute Gasteiger partial charge is 0.138 e. The first-order chi connectivity index (χ1) is 8.38. The summed E-state index contributed by atoms with van der Waals surface area (Å²) < 4.78 is 2.16. The van der Waals surface area contributed by atoms with Crippen LogP contribution in [-0.4, -0.2) is 29.0 Å². The fourth-order valence-electron chi connectivity index (χ4n) is 2.70. The van der Waals surface area contributed by atoms with Gasteiger partial charge in [0.1, 0.15) is 11.5 Å². The van der Waals surface area contributed by atoms with Crippen LogP contribution in [0.2, 0.25) is 0 Å². The van der Waals surface area contributed by atoms with Gasteiger partial charge >= 0.3 is 0 Å². The van der Waals surface area contributed by atoms with Crippen LogP contribution in [0.5, 0.6) is 0 Å². The molecule has 0 amide bonds. The Morgan fingerprint density at radius 3 is 3.24 bits per heavy atom. The summed E-state index contributed by atoms with van der Waals surface area (Å²) in [5, 5.41) is 0. The predicted octanol–water partition coefficient (Wildman–Crippen LogP) is 1.51. The van der Waals surface area contributed by atoms with E-state index in [0.717, 1.165) is 37.6 Å². The molecule has 0 radical (unpaired) electrons. The molecular formula is C13H18N4. The minimum atomic E-state index is 0.749. The molecule has 1 unspecified atom stereocenters. The second-order valence-electron chi connectivity index (χ2n) is 4.72. The lowest BCUT2D eigenvalue weighted by Gasteiger charge is -2.20. The van der Waals surface area contributed by atoms with Crippen molar-refractivity contribution in [3.05, 3.63) is 30.6 Å². The molecule has 0 spiro atoms. The molecular weight excluding hydrogens is 212 g/mol. The Kier molecular flexibility index (Phi) is 2.73. The molecule has 90 valence electrons. The van der Waals surface area contributed by atoms with Gasteiger partial charge in [-0.25, -0.2) is 4.98 Å². The summed E-state index contributed by atoms with van der Waals surface area (Å²) in [6.07, 6.45) is 6.27. The minimum Gasteiger partial charge on any atom is -0.357 e. The van der Waals surface area contributed by atoms with Crippen LogP contribution in [0.1, 0.15) is 12.8 Å². The van der Waals surface area contributed by atoms with Crippen LogP contribution in [0.25, 0.3) is 5.65 Å². The second-order valence-corrected chi connectivity index (χ2v) is 4.72. The Labute approximate surface area is 101 Å². The molecule has 0 aliphatic carbocycles. The van der Waals surface area contributed by atoms with Gasteiger partial charge in [-0.3, -0.25) is 4.40 Å². The number of hydrogen-bond acceptors (Lipinski definition) is 3. The zero-order valence-electron chi connectivity index (χ0n) is 9.92. The van der Waals surface area contributed by atoms with Crippen molar-refractivity contribution in [3.63, 3.8) is 0 Å². The summed E-state index contributed by atoms with van der Waals surface area (Å²) in [5.41, 5.74) is 6.65. The van der Waals surface area contributed by atoms with Crippen molar-refractivity contribution in [2.75, 3.05) is 24.5 Å². The summed E-state index contributed by atoms with van der Waals surface area (Å²) in [6, 6.07) is 6.28. The maximum Gasteiger partial charge on any atom is 0.138 e. The third-order valence-electron chi connectivity index (χ3n) is 3.59. The largest absolute Gasteiger partial charge is 0.357 e. The summed E-state index contributed by atoms with van der Waals surface area (Å²) in [6.45, 7) is 3.05. The molecule has 1 aliphatic rings. The van der Waals surface area contributed by atoms with Crippen molar-refractivity contribution in [2.45, 2.75) is 12.8 Å². The topological polar surface area (TPSA) is 46.6 Å². The molecule has 17 heavy (non-hydrogen) atoms. The van der Waals surface area contributed by atoms with Crippen LogP contribution < -0.4 is 10.6 Å². The first kappa shape index (κ1) is 10.6. The van der Waals surface area contributed by atoms with Crippen LogP contribution in [0.3, 0.4) is 0 Å². The molecule has 4 heteroatoms. The average molecular weight is 230 g/mol. The molecule has 1 fully saturated rings. The van der Waals surface area contributed by atoms with Crippen molar-refractivity contribution < 1.29 is 0 Å². The van der Waals surface area contributed by atoms with Gasteiger partial charge < -0.3 is 10.6 Å². The second kappa shape index (κ2) is 4.37. The standard InChI is InChI=1S/C13H18N4/c14-6-4-11-5-8-16(10-11)13-3-1-2-12-15-7-9-17(12)13/h1-3,7,9,11H,4-6,8,10,14H2. The number of imidazole rings is 1. The Morgan fingerprint density at radius 1 is 1.41 bits per heavy atom. The SMILES string of the molecule is NCCC1CCN(c2cccc3nccn23)C1.